The molecule has 0 aliphatic heterocycles. The van der Waals surface area contributed by atoms with Crippen molar-refractivity contribution in [1.29, 1.82) is 0 Å². The molecule has 1 N–H and O–H groups in total. The molecule has 1 unspecified atom stereocenters. The molecule has 0 spiro atoms. The van der Waals surface area contributed by atoms with Crippen LogP contribution < -0.4 is 5.32 Å². The summed E-state index contributed by atoms with van der Waals surface area (Å²) in [6.45, 7) is 2.20. The number of halogens is 1. The van der Waals surface area contributed by atoms with Crippen molar-refractivity contribution in [2.24, 2.45) is 0 Å². The number of hydrogen-bond acceptors (Lipinski definition) is 4. The number of methoxy groups -OCH3 is 1. The fraction of sp³-hybridized carbons (Fsp3) is 0.278. The fourth-order valence-electron chi connectivity index (χ4n) is 2.63. The lowest BCUT2D eigenvalue weighted by atomic mass is 9.90. The summed E-state index contributed by atoms with van der Waals surface area (Å²) in [5, 5.41) is 13.7. The molecule has 2 aromatic rings. The van der Waals surface area contributed by atoms with Gasteiger partial charge in [-0.05, 0) is 24.1 Å². The molecule has 0 aliphatic carbocycles. The molecule has 0 aromatic heterocycles. The molecule has 25 heavy (non-hydrogen) atoms. The van der Waals surface area contributed by atoms with Crippen LogP contribution in [0.2, 0.25) is 5.02 Å². The van der Waals surface area contributed by atoms with E-state index in [0.29, 0.717) is 6.42 Å². The van der Waals surface area contributed by atoms with Crippen molar-refractivity contribution in [2.45, 2.75) is 18.9 Å². The van der Waals surface area contributed by atoms with Crippen LogP contribution in [-0.2, 0) is 10.3 Å². The number of benzene rings is 2. The highest BCUT2D eigenvalue weighted by Crippen LogP contribution is 2.29. The van der Waals surface area contributed by atoms with E-state index in [1.165, 1.54) is 18.2 Å². The Morgan fingerprint density at radius 3 is 2.52 bits per heavy atom. The van der Waals surface area contributed by atoms with Crippen molar-refractivity contribution in [3.05, 3.63) is 74.8 Å². The van der Waals surface area contributed by atoms with Crippen molar-refractivity contribution in [3.8, 4) is 0 Å². The van der Waals surface area contributed by atoms with Crippen LogP contribution in [0.4, 0.5) is 5.69 Å². The minimum atomic E-state index is -0.671. The molecular formula is C18H19ClN2O4. The molecule has 132 valence electrons. The number of hydrogen-bond donors (Lipinski definition) is 1. The lowest BCUT2D eigenvalue weighted by Crippen LogP contribution is -2.41. The maximum absolute atomic E-state index is 12.4. The number of carbonyl (C=O) groups is 1. The number of carbonyl (C=O) groups excluding carboxylic acids is 1. The van der Waals surface area contributed by atoms with E-state index in [4.69, 9.17) is 16.3 Å². The van der Waals surface area contributed by atoms with Gasteiger partial charge in [0.1, 0.15) is 10.6 Å². The zero-order chi connectivity index (χ0) is 18.4. The van der Waals surface area contributed by atoms with Crippen molar-refractivity contribution in [2.75, 3.05) is 13.7 Å². The summed E-state index contributed by atoms with van der Waals surface area (Å²) in [5.41, 5.74) is 0.147. The summed E-state index contributed by atoms with van der Waals surface area (Å²) in [6, 6.07) is 13.6. The van der Waals surface area contributed by atoms with Gasteiger partial charge in [-0.3, -0.25) is 14.9 Å². The first kappa shape index (κ1) is 18.9. The first-order valence-electron chi connectivity index (χ1n) is 7.76. The Morgan fingerprint density at radius 2 is 1.96 bits per heavy atom. The largest absolute Gasteiger partial charge is 0.372 e. The van der Waals surface area contributed by atoms with Gasteiger partial charge >= 0.3 is 0 Å². The van der Waals surface area contributed by atoms with Crippen LogP contribution >= 0.6 is 11.6 Å². The molecule has 2 aromatic carbocycles. The molecule has 0 bridgehead atoms. The number of nitrogens with zero attached hydrogens (tertiary/aromatic N) is 1. The van der Waals surface area contributed by atoms with E-state index in [1.807, 2.05) is 37.3 Å². The van der Waals surface area contributed by atoms with E-state index in [2.05, 4.69) is 5.32 Å². The number of nitro groups is 1. The predicted molar refractivity (Wildman–Crippen MR) is 95.9 cm³/mol. The van der Waals surface area contributed by atoms with Gasteiger partial charge in [-0.25, -0.2) is 0 Å². The zero-order valence-electron chi connectivity index (χ0n) is 14.0. The lowest BCUT2D eigenvalue weighted by Gasteiger charge is -2.32. The van der Waals surface area contributed by atoms with Crippen LogP contribution in [0.5, 0.6) is 0 Å². The van der Waals surface area contributed by atoms with Crippen LogP contribution in [0, 0.1) is 10.1 Å². The summed E-state index contributed by atoms with van der Waals surface area (Å²) < 4.78 is 5.70. The zero-order valence-corrected chi connectivity index (χ0v) is 14.7. The molecule has 0 heterocycles. The number of nitro benzene ring substituents is 1. The summed E-state index contributed by atoms with van der Waals surface area (Å²) in [6.07, 6.45) is 0.647. The Bertz CT molecular complexity index is 761. The normalized spacial score (nSPS) is 13.1. The van der Waals surface area contributed by atoms with Gasteiger partial charge in [0.25, 0.3) is 11.6 Å². The summed E-state index contributed by atoms with van der Waals surface area (Å²) in [7, 11) is 1.59. The van der Waals surface area contributed by atoms with E-state index in [9.17, 15) is 14.9 Å². The third-order valence-corrected chi connectivity index (χ3v) is 4.52. The summed E-state index contributed by atoms with van der Waals surface area (Å²) >= 11 is 5.78. The maximum atomic E-state index is 12.4. The van der Waals surface area contributed by atoms with Crippen LogP contribution in [0.3, 0.4) is 0 Å². The average molecular weight is 363 g/mol. The summed E-state index contributed by atoms with van der Waals surface area (Å²) in [4.78, 5) is 22.8. The Morgan fingerprint density at radius 1 is 1.28 bits per heavy atom. The second kappa shape index (κ2) is 8.09. The van der Waals surface area contributed by atoms with Gasteiger partial charge in [-0.15, -0.1) is 0 Å². The molecule has 0 saturated heterocycles. The second-order valence-electron chi connectivity index (χ2n) is 5.52. The van der Waals surface area contributed by atoms with Gasteiger partial charge in [0.05, 0.1) is 11.5 Å². The smallest absolute Gasteiger partial charge is 0.288 e. The van der Waals surface area contributed by atoms with Crippen LogP contribution in [0.1, 0.15) is 29.3 Å². The standard InChI is InChI=1S/C18H19ClN2O4/c1-3-18(25-2,14-7-5-4-6-8-14)12-20-17(22)13-9-10-15(19)16(11-13)21(23)24/h4-11H,3,12H2,1-2H3,(H,20,22). The average Bonchev–Trinajstić information content (AvgIpc) is 2.64. The van der Waals surface area contributed by atoms with Crippen LogP contribution in [0.15, 0.2) is 48.5 Å². The molecular weight excluding hydrogens is 344 g/mol. The van der Waals surface area contributed by atoms with E-state index < -0.39 is 16.4 Å². The van der Waals surface area contributed by atoms with Crippen LogP contribution in [0.25, 0.3) is 0 Å². The number of rotatable bonds is 7. The molecule has 6 nitrogen and oxygen atoms in total. The molecule has 1 amide bonds. The Labute approximate surface area is 150 Å². The monoisotopic (exact) mass is 362 g/mol. The van der Waals surface area contributed by atoms with Gasteiger partial charge in [-0.2, -0.15) is 0 Å². The highest BCUT2D eigenvalue weighted by atomic mass is 35.5. The molecule has 7 heteroatoms. The number of ether oxygens (including phenoxy) is 1. The molecule has 0 saturated carbocycles. The SMILES string of the molecule is CCC(CNC(=O)c1ccc(Cl)c([N+](=O)[O-])c1)(OC)c1ccccc1. The minimum absolute atomic E-state index is 0.00867. The third-order valence-electron chi connectivity index (χ3n) is 4.20. The van der Waals surface area contributed by atoms with Gasteiger partial charge in [0.15, 0.2) is 0 Å². The second-order valence-corrected chi connectivity index (χ2v) is 5.93. The van der Waals surface area contributed by atoms with Gasteiger partial charge < -0.3 is 10.1 Å². The van der Waals surface area contributed by atoms with E-state index in [0.717, 1.165) is 5.56 Å². The topological polar surface area (TPSA) is 81.5 Å². The van der Waals surface area contributed by atoms with Crippen molar-refractivity contribution in [1.82, 2.24) is 5.32 Å². The Hall–Kier alpha value is -2.44. The highest BCUT2D eigenvalue weighted by Gasteiger charge is 2.31. The fourth-order valence-corrected chi connectivity index (χ4v) is 2.81. The first-order valence-corrected chi connectivity index (χ1v) is 8.14. The number of amides is 1. The first-order chi connectivity index (χ1) is 11.9. The molecule has 0 radical (unpaired) electrons. The highest BCUT2D eigenvalue weighted by molar-refractivity contribution is 6.32. The maximum Gasteiger partial charge on any atom is 0.288 e. The third kappa shape index (κ3) is 4.15. The number of nitrogens with one attached hydrogen (secondary N) is 1. The quantitative estimate of drug-likeness (QED) is 0.597. The van der Waals surface area contributed by atoms with E-state index in [-0.39, 0.29) is 22.8 Å². The lowest BCUT2D eigenvalue weighted by molar-refractivity contribution is -0.384. The molecule has 0 fully saturated rings. The van der Waals surface area contributed by atoms with E-state index in [1.54, 1.807) is 7.11 Å². The Kier molecular flexibility index (Phi) is 6.12. The van der Waals surface area contributed by atoms with Crippen molar-refractivity contribution >= 4 is 23.2 Å². The van der Waals surface area contributed by atoms with Crippen molar-refractivity contribution < 1.29 is 14.5 Å². The van der Waals surface area contributed by atoms with Crippen molar-refractivity contribution in [3.63, 3.8) is 0 Å². The molecule has 1 atom stereocenters. The molecule has 2 rings (SSSR count). The predicted octanol–water partition coefficient (Wildman–Crippen LogP) is 3.93. The minimum Gasteiger partial charge on any atom is -0.372 e. The van der Waals surface area contributed by atoms with E-state index >= 15 is 0 Å². The van der Waals surface area contributed by atoms with Gasteiger partial charge in [0.2, 0.25) is 0 Å². The summed E-state index contributed by atoms with van der Waals surface area (Å²) in [5.74, 6) is -0.425. The van der Waals surface area contributed by atoms with Crippen LogP contribution in [-0.4, -0.2) is 24.5 Å². The molecule has 0 aliphatic rings. The van der Waals surface area contributed by atoms with Gasteiger partial charge in [0, 0.05) is 18.7 Å². The van der Waals surface area contributed by atoms with Gasteiger partial charge in [-0.1, -0.05) is 48.9 Å². The Balaban J connectivity index is 2.20.